The van der Waals surface area contributed by atoms with Gasteiger partial charge in [-0.1, -0.05) is 60.7 Å². The number of aliphatic hydroxyl groups excluding tert-OH is 1. The normalized spacial score (nSPS) is 20.9. The lowest BCUT2D eigenvalue weighted by Crippen LogP contribution is -2.58. The molecular formula is C36H47N5O10. The van der Waals surface area contributed by atoms with Crippen LogP contribution < -0.4 is 21.9 Å². The van der Waals surface area contributed by atoms with Gasteiger partial charge in [-0.2, -0.15) is 0 Å². The number of aromatic amines is 1. The molecule has 1 fully saturated rings. The molecule has 15 nitrogen and oxygen atoms in total. The highest BCUT2D eigenvalue weighted by Gasteiger charge is 2.57. The molecule has 2 aromatic carbocycles. The molecule has 15 heteroatoms. The van der Waals surface area contributed by atoms with Crippen molar-refractivity contribution in [1.29, 1.82) is 0 Å². The molecule has 1 aliphatic heterocycles. The number of benzene rings is 2. The van der Waals surface area contributed by atoms with E-state index in [-0.39, 0.29) is 25.4 Å². The Morgan fingerprint density at radius 3 is 2.10 bits per heavy atom. The summed E-state index contributed by atoms with van der Waals surface area (Å²) in [6.07, 6.45) is -3.17. The number of hydrogen-bond donors (Lipinski definition) is 4. The third kappa shape index (κ3) is 11.1. The minimum absolute atomic E-state index is 0.0256. The Morgan fingerprint density at radius 2 is 1.53 bits per heavy atom. The Balaban J connectivity index is 1.83. The summed E-state index contributed by atoms with van der Waals surface area (Å²) in [4.78, 5) is 58.0. The quantitative estimate of drug-likeness (QED) is 0.177. The van der Waals surface area contributed by atoms with Crippen LogP contribution in [-0.2, 0) is 36.9 Å². The van der Waals surface area contributed by atoms with Crippen molar-refractivity contribution in [2.24, 2.45) is 4.99 Å². The summed E-state index contributed by atoms with van der Waals surface area (Å²) in [6.45, 7) is 10.8. The van der Waals surface area contributed by atoms with Gasteiger partial charge in [0.1, 0.15) is 28.9 Å². The number of carbonyl (C=O) groups is 2. The van der Waals surface area contributed by atoms with Gasteiger partial charge in [0.2, 0.25) is 5.96 Å². The molecule has 0 bridgehead atoms. The second-order valence-corrected chi connectivity index (χ2v) is 14.1. The Morgan fingerprint density at radius 1 is 0.941 bits per heavy atom. The number of alkyl carbamates (subject to hydrolysis) is 1. The predicted molar refractivity (Wildman–Crippen MR) is 187 cm³/mol. The second-order valence-electron chi connectivity index (χ2n) is 14.1. The van der Waals surface area contributed by atoms with E-state index >= 15 is 0 Å². The van der Waals surface area contributed by atoms with Crippen LogP contribution in [0.4, 0.5) is 9.59 Å². The van der Waals surface area contributed by atoms with Gasteiger partial charge in [0.25, 0.3) is 5.56 Å². The molecule has 0 spiro atoms. The van der Waals surface area contributed by atoms with E-state index < -0.39 is 71.2 Å². The molecule has 2 unspecified atom stereocenters. The average molecular weight is 710 g/mol. The lowest BCUT2D eigenvalue weighted by atomic mass is 9.94. The van der Waals surface area contributed by atoms with Gasteiger partial charge in [0.15, 0.2) is 6.23 Å². The van der Waals surface area contributed by atoms with Gasteiger partial charge >= 0.3 is 17.9 Å². The maximum Gasteiger partial charge on any atom is 0.437 e. The van der Waals surface area contributed by atoms with Crippen LogP contribution >= 0.6 is 0 Å². The van der Waals surface area contributed by atoms with E-state index in [4.69, 9.17) is 23.7 Å². The summed E-state index contributed by atoms with van der Waals surface area (Å²) in [6, 6.07) is 17.4. The molecule has 4 N–H and O–H groups in total. The molecule has 4 atom stereocenters. The van der Waals surface area contributed by atoms with Gasteiger partial charge in [-0.15, -0.1) is 4.99 Å². The zero-order valence-corrected chi connectivity index (χ0v) is 29.9. The van der Waals surface area contributed by atoms with Crippen LogP contribution in [0.1, 0.15) is 64.5 Å². The van der Waals surface area contributed by atoms with E-state index in [2.05, 4.69) is 20.6 Å². The number of nitrogens with one attached hydrogen (secondary N) is 3. The summed E-state index contributed by atoms with van der Waals surface area (Å²) in [5, 5.41) is 16.5. The Bertz CT molecular complexity index is 1780. The molecule has 3 aromatic rings. The molecule has 1 aliphatic rings. The first-order chi connectivity index (χ1) is 24.0. The van der Waals surface area contributed by atoms with Crippen LogP contribution in [0.5, 0.6) is 0 Å². The first-order valence-electron chi connectivity index (χ1n) is 16.4. The zero-order valence-electron chi connectivity index (χ0n) is 29.9. The van der Waals surface area contributed by atoms with Crippen LogP contribution in [0.15, 0.2) is 81.4 Å². The molecule has 1 saturated heterocycles. The van der Waals surface area contributed by atoms with Crippen molar-refractivity contribution >= 4 is 18.1 Å². The highest BCUT2D eigenvalue weighted by atomic mass is 16.6. The van der Waals surface area contributed by atoms with Crippen molar-refractivity contribution < 1.29 is 38.4 Å². The molecular weight excluding hydrogens is 662 g/mol. The first kappa shape index (κ1) is 39.0. The molecule has 2 amide bonds. The van der Waals surface area contributed by atoms with Crippen LogP contribution in [0.2, 0.25) is 0 Å². The molecule has 4 rings (SSSR count). The second kappa shape index (κ2) is 16.5. The van der Waals surface area contributed by atoms with E-state index in [9.17, 15) is 24.3 Å². The minimum Gasteiger partial charge on any atom is -0.444 e. The Hall–Kier alpha value is -4.83. The number of ether oxygens (including phenoxy) is 5. The number of H-pyrrole nitrogens is 1. The monoisotopic (exact) mass is 709 g/mol. The van der Waals surface area contributed by atoms with Crippen LogP contribution in [0.25, 0.3) is 0 Å². The highest BCUT2D eigenvalue weighted by molar-refractivity contribution is 5.99. The molecule has 51 heavy (non-hydrogen) atoms. The average Bonchev–Trinajstić information content (AvgIpc) is 3.33. The number of nitrogens with zero attached hydrogens (tertiary/aromatic N) is 2. The summed E-state index contributed by atoms with van der Waals surface area (Å²) >= 11 is 0. The lowest BCUT2D eigenvalue weighted by Gasteiger charge is -2.34. The van der Waals surface area contributed by atoms with E-state index in [1.54, 1.807) is 41.5 Å². The SMILES string of the molecule is Cc1cn([C@@H]2O[C@](CO)(COCc3ccccc3)C(OCc3ccccc3)C2N/C(=N\C(=O)OC(C)(C)C)NC(=O)OC(C)(C)C)c(=O)[nH]c1=O. The van der Waals surface area contributed by atoms with Crippen molar-refractivity contribution in [1.82, 2.24) is 20.2 Å². The van der Waals surface area contributed by atoms with Crippen molar-refractivity contribution in [2.75, 3.05) is 13.2 Å². The number of rotatable bonds is 10. The maximum absolute atomic E-state index is 13.3. The lowest BCUT2D eigenvalue weighted by molar-refractivity contribution is -0.175. The molecule has 0 aliphatic carbocycles. The highest BCUT2D eigenvalue weighted by Crippen LogP contribution is 2.39. The standard InChI is InChI=1S/C36H47N5O10/c1-23-18-41(31(44)38-28(23)43)29-26(37-30(39-32(45)50-34(2,3)4)40-33(46)51-35(5,6)7)27(48-20-25-16-12-9-13-17-25)36(21-42,49-29)22-47-19-24-14-10-8-11-15-24/h8-18,26-27,29,42H,19-22H2,1-7H3,(H,38,43,44)(H2,37,39,40,45,46)/t26?,27?,29-,36-/m1/s1. The fourth-order valence-corrected chi connectivity index (χ4v) is 5.26. The fourth-order valence-electron chi connectivity index (χ4n) is 5.26. The molecule has 276 valence electrons. The minimum atomic E-state index is -1.64. The molecule has 0 saturated carbocycles. The van der Waals surface area contributed by atoms with Crippen molar-refractivity contribution in [3.8, 4) is 0 Å². The van der Waals surface area contributed by atoms with E-state index in [1.165, 1.54) is 13.1 Å². The predicted octanol–water partition coefficient (Wildman–Crippen LogP) is 3.68. The Labute approximate surface area is 295 Å². The van der Waals surface area contributed by atoms with E-state index in [0.29, 0.717) is 0 Å². The summed E-state index contributed by atoms with van der Waals surface area (Å²) in [7, 11) is 0. The van der Waals surface area contributed by atoms with Crippen LogP contribution in [0, 0.1) is 6.92 Å². The van der Waals surface area contributed by atoms with E-state index in [1.807, 2.05) is 60.7 Å². The summed E-state index contributed by atoms with van der Waals surface area (Å²) < 4.78 is 31.1. The smallest absolute Gasteiger partial charge is 0.437 e. The fraction of sp³-hybridized carbons (Fsp3) is 0.472. The summed E-state index contributed by atoms with van der Waals surface area (Å²) in [5.41, 5.74) is -3.08. The number of guanidine groups is 1. The largest absolute Gasteiger partial charge is 0.444 e. The van der Waals surface area contributed by atoms with Crippen molar-refractivity contribution in [2.45, 2.75) is 96.9 Å². The number of amides is 2. The third-order valence-electron chi connectivity index (χ3n) is 7.44. The number of aromatic nitrogens is 2. The number of aryl methyl sites for hydroxylation is 1. The van der Waals surface area contributed by atoms with Gasteiger partial charge in [-0.25, -0.2) is 14.4 Å². The van der Waals surface area contributed by atoms with Gasteiger partial charge in [0.05, 0.1) is 26.4 Å². The van der Waals surface area contributed by atoms with Gasteiger partial charge in [-0.05, 0) is 59.6 Å². The molecule has 0 radical (unpaired) electrons. The summed E-state index contributed by atoms with van der Waals surface area (Å²) in [5.74, 6) is -0.418. The molecule has 2 heterocycles. The first-order valence-corrected chi connectivity index (χ1v) is 16.4. The number of hydrogen-bond acceptors (Lipinski definition) is 10. The van der Waals surface area contributed by atoms with E-state index in [0.717, 1.165) is 15.7 Å². The topological polar surface area (TPSA) is 192 Å². The number of carbonyl (C=O) groups excluding carboxylic acids is 2. The van der Waals surface area contributed by atoms with Gasteiger partial charge in [-0.3, -0.25) is 19.7 Å². The maximum atomic E-state index is 13.3. The zero-order chi connectivity index (χ0) is 37.4. The molecule has 1 aromatic heterocycles. The van der Waals surface area contributed by atoms with Crippen LogP contribution in [0.3, 0.4) is 0 Å². The van der Waals surface area contributed by atoms with Crippen molar-refractivity contribution in [3.63, 3.8) is 0 Å². The number of aliphatic hydroxyl groups is 1. The van der Waals surface area contributed by atoms with Gasteiger partial charge in [0, 0.05) is 11.8 Å². The number of aliphatic imine (C=N–C) groups is 1. The third-order valence-corrected chi connectivity index (χ3v) is 7.44. The van der Waals surface area contributed by atoms with Crippen LogP contribution in [-0.4, -0.2) is 75.0 Å². The Kier molecular flexibility index (Phi) is 12.6. The van der Waals surface area contributed by atoms with Gasteiger partial charge < -0.3 is 34.1 Å². The van der Waals surface area contributed by atoms with Crippen molar-refractivity contribution in [3.05, 3.63) is 104 Å².